The van der Waals surface area contributed by atoms with Crippen LogP contribution in [0, 0.1) is 0 Å². The predicted molar refractivity (Wildman–Crippen MR) is 65.5 cm³/mol. The quantitative estimate of drug-likeness (QED) is 0.803. The number of amides is 1. The summed E-state index contributed by atoms with van der Waals surface area (Å²) in [5.41, 5.74) is 0.818. The number of pyridine rings is 1. The van der Waals surface area contributed by atoms with Gasteiger partial charge < -0.3 is 10.2 Å². The van der Waals surface area contributed by atoms with Crippen LogP contribution in [0.3, 0.4) is 0 Å². The average Bonchev–Trinajstić information content (AvgIpc) is 3.05. The Labute approximate surface area is 102 Å². The van der Waals surface area contributed by atoms with Crippen molar-refractivity contribution < 1.29 is 4.79 Å². The Morgan fingerprint density at radius 2 is 2.25 bits per heavy atom. The van der Waals surface area contributed by atoms with Crippen molar-refractivity contribution >= 4 is 33.3 Å². The zero-order valence-corrected chi connectivity index (χ0v) is 10.5. The topological polar surface area (TPSA) is 45.2 Å². The fraction of sp³-hybridized carbons (Fsp3) is 0.455. The molecule has 0 spiro atoms. The van der Waals surface area contributed by atoms with E-state index in [0.29, 0.717) is 6.04 Å². The molecule has 1 N–H and O–H groups in total. The molecule has 1 aliphatic carbocycles. The molecule has 3 rings (SSSR count). The highest BCUT2D eigenvalue weighted by atomic mass is 79.9. The number of anilines is 2. The molecule has 0 radical (unpaired) electrons. The van der Waals surface area contributed by atoms with E-state index in [2.05, 4.69) is 31.1 Å². The van der Waals surface area contributed by atoms with Crippen molar-refractivity contribution in [3.05, 3.63) is 16.7 Å². The molecule has 84 valence electrons. The third-order valence-electron chi connectivity index (χ3n) is 3.08. The van der Waals surface area contributed by atoms with E-state index in [1.165, 1.54) is 0 Å². The van der Waals surface area contributed by atoms with E-state index in [9.17, 15) is 4.79 Å². The van der Waals surface area contributed by atoms with Gasteiger partial charge in [-0.1, -0.05) is 0 Å². The van der Waals surface area contributed by atoms with Crippen LogP contribution in [0.4, 0.5) is 11.5 Å². The standard InChI is InChI=1S/C11H12BrN3O/c1-6-11(16)13-8-4-5-9(12)14-10(8)15(6)7-2-3-7/h4-7H,2-3H2,1H3,(H,13,16). The fourth-order valence-corrected chi connectivity index (χ4v) is 2.41. The van der Waals surface area contributed by atoms with Gasteiger partial charge in [-0.3, -0.25) is 4.79 Å². The van der Waals surface area contributed by atoms with Crippen molar-refractivity contribution in [1.82, 2.24) is 4.98 Å². The van der Waals surface area contributed by atoms with Crippen molar-refractivity contribution in [1.29, 1.82) is 0 Å². The van der Waals surface area contributed by atoms with Gasteiger partial charge in [0.2, 0.25) is 5.91 Å². The summed E-state index contributed by atoms with van der Waals surface area (Å²) in [5, 5.41) is 2.89. The lowest BCUT2D eigenvalue weighted by atomic mass is 10.1. The zero-order valence-electron chi connectivity index (χ0n) is 8.90. The first kappa shape index (κ1) is 10.1. The summed E-state index contributed by atoms with van der Waals surface area (Å²) in [6, 6.07) is 4.11. The largest absolute Gasteiger partial charge is 0.340 e. The van der Waals surface area contributed by atoms with Gasteiger partial charge in [0.25, 0.3) is 0 Å². The van der Waals surface area contributed by atoms with Gasteiger partial charge in [-0.25, -0.2) is 4.98 Å². The first-order valence-electron chi connectivity index (χ1n) is 5.42. The van der Waals surface area contributed by atoms with E-state index in [-0.39, 0.29) is 11.9 Å². The summed E-state index contributed by atoms with van der Waals surface area (Å²) < 4.78 is 0.806. The van der Waals surface area contributed by atoms with Gasteiger partial charge in [-0.05, 0) is 47.8 Å². The summed E-state index contributed by atoms with van der Waals surface area (Å²) in [5.74, 6) is 0.951. The summed E-state index contributed by atoms with van der Waals surface area (Å²) in [6.45, 7) is 1.93. The highest BCUT2D eigenvalue weighted by Crippen LogP contribution is 2.39. The molecule has 1 atom stereocenters. The minimum atomic E-state index is -0.123. The molecule has 1 aromatic heterocycles. The molecule has 1 aliphatic heterocycles. The second-order valence-electron chi connectivity index (χ2n) is 4.31. The third-order valence-corrected chi connectivity index (χ3v) is 3.52. The Balaban J connectivity index is 2.10. The maximum atomic E-state index is 11.8. The van der Waals surface area contributed by atoms with Crippen LogP contribution in [-0.2, 0) is 4.79 Å². The smallest absolute Gasteiger partial charge is 0.246 e. The van der Waals surface area contributed by atoms with Crippen molar-refractivity contribution in [2.24, 2.45) is 0 Å². The molecule has 1 fully saturated rings. The molecule has 0 bridgehead atoms. The van der Waals surface area contributed by atoms with E-state index in [1.807, 2.05) is 19.1 Å². The summed E-state index contributed by atoms with van der Waals surface area (Å²) in [6.07, 6.45) is 2.32. The van der Waals surface area contributed by atoms with E-state index < -0.39 is 0 Å². The monoisotopic (exact) mass is 281 g/mol. The maximum Gasteiger partial charge on any atom is 0.246 e. The van der Waals surface area contributed by atoms with Crippen LogP contribution in [0.2, 0.25) is 0 Å². The minimum absolute atomic E-state index is 0.0588. The lowest BCUT2D eigenvalue weighted by molar-refractivity contribution is -0.117. The highest BCUT2D eigenvalue weighted by Gasteiger charge is 2.40. The molecule has 1 aromatic rings. The Hall–Kier alpha value is -1.10. The molecule has 1 unspecified atom stereocenters. The number of carbonyl (C=O) groups is 1. The Kier molecular flexibility index (Phi) is 2.17. The van der Waals surface area contributed by atoms with Crippen molar-refractivity contribution in [2.45, 2.75) is 31.8 Å². The molecule has 5 heteroatoms. The average molecular weight is 282 g/mol. The third kappa shape index (κ3) is 1.50. The number of aromatic nitrogens is 1. The summed E-state index contributed by atoms with van der Waals surface area (Å²) in [4.78, 5) is 18.4. The van der Waals surface area contributed by atoms with Gasteiger partial charge in [0.05, 0.1) is 5.69 Å². The van der Waals surface area contributed by atoms with Crippen LogP contribution >= 0.6 is 15.9 Å². The maximum absolute atomic E-state index is 11.8. The number of hydrogen-bond acceptors (Lipinski definition) is 3. The van der Waals surface area contributed by atoms with Gasteiger partial charge in [0.15, 0.2) is 5.82 Å². The van der Waals surface area contributed by atoms with Crippen LogP contribution in [0.25, 0.3) is 0 Å². The van der Waals surface area contributed by atoms with Crippen molar-refractivity contribution in [2.75, 3.05) is 10.2 Å². The normalized spacial score (nSPS) is 24.0. The van der Waals surface area contributed by atoms with Gasteiger partial charge in [0.1, 0.15) is 10.6 Å². The second kappa shape index (κ2) is 3.45. The van der Waals surface area contributed by atoms with Gasteiger partial charge in [-0.2, -0.15) is 0 Å². The lowest BCUT2D eigenvalue weighted by Gasteiger charge is -2.35. The molecule has 1 amide bonds. The number of nitrogens with zero attached hydrogens (tertiary/aromatic N) is 2. The van der Waals surface area contributed by atoms with E-state index in [4.69, 9.17) is 0 Å². The van der Waals surface area contributed by atoms with Gasteiger partial charge in [0, 0.05) is 6.04 Å². The van der Waals surface area contributed by atoms with Crippen LogP contribution in [0.1, 0.15) is 19.8 Å². The summed E-state index contributed by atoms with van der Waals surface area (Å²) in [7, 11) is 0. The first-order chi connectivity index (χ1) is 7.66. The van der Waals surface area contributed by atoms with Gasteiger partial charge >= 0.3 is 0 Å². The molecule has 0 aromatic carbocycles. The Morgan fingerprint density at radius 3 is 2.94 bits per heavy atom. The Morgan fingerprint density at radius 1 is 1.50 bits per heavy atom. The van der Waals surface area contributed by atoms with Crippen LogP contribution in [-0.4, -0.2) is 23.0 Å². The fourth-order valence-electron chi connectivity index (χ4n) is 2.11. The molecular weight excluding hydrogens is 270 g/mol. The van der Waals surface area contributed by atoms with Crippen LogP contribution < -0.4 is 10.2 Å². The molecule has 2 aliphatic rings. The van der Waals surface area contributed by atoms with Crippen molar-refractivity contribution in [3.8, 4) is 0 Å². The molecule has 16 heavy (non-hydrogen) atoms. The number of hydrogen-bond donors (Lipinski definition) is 1. The lowest BCUT2D eigenvalue weighted by Crippen LogP contribution is -2.47. The zero-order chi connectivity index (χ0) is 11.3. The van der Waals surface area contributed by atoms with E-state index in [0.717, 1.165) is 29.0 Å². The highest BCUT2D eigenvalue weighted by molar-refractivity contribution is 9.10. The van der Waals surface area contributed by atoms with E-state index in [1.54, 1.807) is 0 Å². The number of fused-ring (bicyclic) bond motifs is 1. The number of carbonyl (C=O) groups excluding carboxylic acids is 1. The Bertz CT molecular complexity index is 459. The number of nitrogens with one attached hydrogen (secondary N) is 1. The van der Waals surface area contributed by atoms with Crippen LogP contribution in [0.15, 0.2) is 16.7 Å². The second-order valence-corrected chi connectivity index (χ2v) is 5.12. The molecular formula is C11H12BrN3O. The van der Waals surface area contributed by atoms with Gasteiger partial charge in [-0.15, -0.1) is 0 Å². The molecule has 0 saturated heterocycles. The predicted octanol–water partition coefficient (Wildman–Crippen LogP) is 2.15. The van der Waals surface area contributed by atoms with Crippen molar-refractivity contribution in [3.63, 3.8) is 0 Å². The molecule has 2 heterocycles. The van der Waals surface area contributed by atoms with E-state index >= 15 is 0 Å². The first-order valence-corrected chi connectivity index (χ1v) is 6.22. The molecule has 4 nitrogen and oxygen atoms in total. The number of rotatable bonds is 1. The minimum Gasteiger partial charge on any atom is -0.340 e. The number of halogens is 1. The summed E-state index contributed by atoms with van der Waals surface area (Å²) >= 11 is 3.37. The van der Waals surface area contributed by atoms with Crippen LogP contribution in [0.5, 0.6) is 0 Å². The SMILES string of the molecule is CC1C(=O)Nc2ccc(Br)nc2N1C1CC1. The molecule has 1 saturated carbocycles.